The minimum Gasteiger partial charge on any atom is -0.264 e. The molecule has 1 aromatic rings. The van der Waals surface area contributed by atoms with E-state index in [9.17, 15) is 4.39 Å². The Balaban J connectivity index is 2.92. The normalized spacial score (nSPS) is 9.92. The van der Waals surface area contributed by atoms with Gasteiger partial charge in [-0.2, -0.15) is 0 Å². The summed E-state index contributed by atoms with van der Waals surface area (Å²) < 4.78 is 12.8. The molecule has 0 spiro atoms. The molecule has 0 radical (unpaired) electrons. The van der Waals surface area contributed by atoms with Crippen LogP contribution in [-0.4, -0.2) is 17.6 Å². The van der Waals surface area contributed by atoms with Crippen LogP contribution < -0.4 is 5.46 Å². The first kappa shape index (κ1) is 9.15. The van der Waals surface area contributed by atoms with Crippen molar-refractivity contribution in [1.29, 1.82) is 0 Å². The van der Waals surface area contributed by atoms with E-state index in [1.807, 2.05) is 0 Å². The van der Waals surface area contributed by atoms with E-state index in [2.05, 4.69) is 9.61 Å². The topological polar surface area (TPSA) is 58.9 Å². The zero-order valence-corrected chi connectivity index (χ0v) is 5.98. The summed E-state index contributed by atoms with van der Waals surface area (Å²) in [6.07, 6.45) is 0. The summed E-state index contributed by atoms with van der Waals surface area (Å²) >= 11 is 0. The number of hydrogen-bond acceptors (Lipinski definition) is 4. The standard InChI is InChI=1S/C6H6BFO4/c8-6-4-2-1-3-5(6)7(11-9)12-10/h1-4,9-10H. The van der Waals surface area contributed by atoms with E-state index in [0.29, 0.717) is 0 Å². The van der Waals surface area contributed by atoms with Gasteiger partial charge in [0.15, 0.2) is 0 Å². The van der Waals surface area contributed by atoms with Crippen LogP contribution in [0.25, 0.3) is 0 Å². The quantitative estimate of drug-likeness (QED) is 0.395. The molecule has 0 aliphatic carbocycles. The summed E-state index contributed by atoms with van der Waals surface area (Å²) in [7, 11) is -1.51. The number of halogens is 1. The van der Waals surface area contributed by atoms with Gasteiger partial charge in [0.2, 0.25) is 0 Å². The first-order chi connectivity index (χ1) is 5.79. The van der Waals surface area contributed by atoms with Crippen molar-refractivity contribution in [3.63, 3.8) is 0 Å². The van der Waals surface area contributed by atoms with Crippen molar-refractivity contribution in [3.05, 3.63) is 30.1 Å². The fourth-order valence-electron chi connectivity index (χ4n) is 0.799. The molecule has 0 atom stereocenters. The van der Waals surface area contributed by atoms with Gasteiger partial charge < -0.3 is 0 Å². The summed E-state index contributed by atoms with van der Waals surface area (Å²) in [4.78, 5) is 7.31. The highest BCUT2D eigenvalue weighted by Gasteiger charge is 2.25. The maximum Gasteiger partial charge on any atom is 0.557 e. The molecule has 6 heteroatoms. The molecular formula is C6H6BFO4. The molecule has 0 aliphatic heterocycles. The van der Waals surface area contributed by atoms with Crippen molar-refractivity contribution in [2.45, 2.75) is 0 Å². The smallest absolute Gasteiger partial charge is 0.264 e. The van der Waals surface area contributed by atoms with Gasteiger partial charge in [-0.05, 0) is 6.07 Å². The summed E-state index contributed by atoms with van der Waals surface area (Å²) in [5, 5.41) is 16.3. The Morgan fingerprint density at radius 2 is 1.75 bits per heavy atom. The summed E-state index contributed by atoms with van der Waals surface area (Å²) in [5.74, 6) is -0.634. The van der Waals surface area contributed by atoms with Gasteiger partial charge in [0.05, 0.1) is 0 Å². The third kappa shape index (κ3) is 1.80. The minimum atomic E-state index is -1.51. The van der Waals surface area contributed by atoms with Crippen LogP contribution >= 0.6 is 0 Å². The fraction of sp³-hybridized carbons (Fsp3) is 0. The zero-order chi connectivity index (χ0) is 8.97. The lowest BCUT2D eigenvalue weighted by Crippen LogP contribution is -2.37. The van der Waals surface area contributed by atoms with E-state index in [4.69, 9.17) is 10.5 Å². The largest absolute Gasteiger partial charge is 0.557 e. The number of benzene rings is 1. The van der Waals surface area contributed by atoms with Crippen LogP contribution in [0.2, 0.25) is 0 Å². The van der Waals surface area contributed by atoms with Gasteiger partial charge in [0.25, 0.3) is 0 Å². The van der Waals surface area contributed by atoms with Crippen molar-refractivity contribution in [3.8, 4) is 0 Å². The Bertz CT molecular complexity index is 253. The predicted molar refractivity (Wildman–Crippen MR) is 39.2 cm³/mol. The molecule has 4 nitrogen and oxygen atoms in total. The second-order valence-corrected chi connectivity index (χ2v) is 2.06. The highest BCUT2D eigenvalue weighted by molar-refractivity contribution is 6.60. The van der Waals surface area contributed by atoms with E-state index < -0.39 is 12.9 Å². The van der Waals surface area contributed by atoms with Gasteiger partial charge in [-0.15, -0.1) is 0 Å². The van der Waals surface area contributed by atoms with Crippen molar-refractivity contribution in [1.82, 2.24) is 0 Å². The lowest BCUT2D eigenvalue weighted by atomic mass is 9.79. The Morgan fingerprint density at radius 3 is 2.25 bits per heavy atom. The molecule has 0 aromatic heterocycles. The molecule has 64 valence electrons. The van der Waals surface area contributed by atoms with Gasteiger partial charge in [0, 0.05) is 5.46 Å². The van der Waals surface area contributed by atoms with Crippen LogP contribution in [0.3, 0.4) is 0 Å². The van der Waals surface area contributed by atoms with Crippen molar-refractivity contribution in [2.75, 3.05) is 0 Å². The molecule has 0 unspecified atom stereocenters. The fourth-order valence-corrected chi connectivity index (χ4v) is 0.799. The summed E-state index contributed by atoms with van der Waals surface area (Å²) in [5.41, 5.74) is -0.0810. The second kappa shape index (κ2) is 4.17. The maximum absolute atomic E-state index is 12.8. The third-order valence-electron chi connectivity index (χ3n) is 1.35. The molecule has 0 aliphatic rings. The van der Waals surface area contributed by atoms with E-state index in [0.717, 1.165) is 6.07 Å². The second-order valence-electron chi connectivity index (χ2n) is 2.06. The molecule has 0 bridgehead atoms. The van der Waals surface area contributed by atoms with E-state index in [1.165, 1.54) is 18.2 Å². The lowest BCUT2D eigenvalue weighted by Gasteiger charge is -2.04. The van der Waals surface area contributed by atoms with E-state index >= 15 is 0 Å². The van der Waals surface area contributed by atoms with Crippen LogP contribution in [0, 0.1) is 5.82 Å². The zero-order valence-electron chi connectivity index (χ0n) is 5.98. The van der Waals surface area contributed by atoms with Crippen LogP contribution in [0.4, 0.5) is 4.39 Å². The van der Waals surface area contributed by atoms with Crippen molar-refractivity contribution in [2.24, 2.45) is 0 Å². The van der Waals surface area contributed by atoms with Gasteiger partial charge in [0.1, 0.15) is 5.82 Å². The summed E-state index contributed by atoms with van der Waals surface area (Å²) in [6, 6.07) is 5.45. The van der Waals surface area contributed by atoms with Gasteiger partial charge in [-0.3, -0.25) is 20.1 Å². The Hall–Kier alpha value is -0.945. The van der Waals surface area contributed by atoms with Gasteiger partial charge >= 0.3 is 7.12 Å². The SMILES string of the molecule is OOB(OO)c1ccccc1F. The summed E-state index contributed by atoms with van der Waals surface area (Å²) in [6.45, 7) is 0. The average molecular weight is 172 g/mol. The molecule has 0 saturated carbocycles. The average Bonchev–Trinajstić information content (AvgIpc) is 2.10. The van der Waals surface area contributed by atoms with Crippen molar-refractivity contribution >= 4 is 12.6 Å². The van der Waals surface area contributed by atoms with Crippen LogP contribution in [-0.2, 0) is 9.61 Å². The molecule has 1 rings (SSSR count). The molecule has 0 saturated heterocycles. The van der Waals surface area contributed by atoms with Crippen molar-refractivity contribution < 1.29 is 24.5 Å². The predicted octanol–water partition coefficient (Wildman–Crippen LogP) is 0.500. The van der Waals surface area contributed by atoms with Crippen LogP contribution in [0.5, 0.6) is 0 Å². The van der Waals surface area contributed by atoms with Crippen LogP contribution in [0.1, 0.15) is 0 Å². The molecular weight excluding hydrogens is 166 g/mol. The van der Waals surface area contributed by atoms with E-state index in [-0.39, 0.29) is 5.46 Å². The Labute approximate surface area is 68.2 Å². The molecule has 2 N–H and O–H groups in total. The highest BCUT2D eigenvalue weighted by atomic mass is 19.1. The Kier molecular flexibility index (Phi) is 3.18. The molecule has 0 heterocycles. The van der Waals surface area contributed by atoms with Gasteiger partial charge in [-0.25, -0.2) is 4.39 Å². The number of hydrogen-bond donors (Lipinski definition) is 2. The molecule has 0 fully saturated rings. The highest BCUT2D eigenvalue weighted by Crippen LogP contribution is 1.96. The van der Waals surface area contributed by atoms with Gasteiger partial charge in [-0.1, -0.05) is 18.2 Å². The first-order valence-electron chi connectivity index (χ1n) is 3.14. The lowest BCUT2D eigenvalue weighted by molar-refractivity contribution is -0.221. The Morgan fingerprint density at radius 1 is 1.17 bits per heavy atom. The minimum absolute atomic E-state index is 0.0810. The maximum atomic E-state index is 12.8. The molecule has 0 amide bonds. The monoisotopic (exact) mass is 172 g/mol. The first-order valence-corrected chi connectivity index (χ1v) is 3.14. The van der Waals surface area contributed by atoms with E-state index in [1.54, 1.807) is 0 Å². The van der Waals surface area contributed by atoms with Crippen LogP contribution in [0.15, 0.2) is 24.3 Å². The third-order valence-corrected chi connectivity index (χ3v) is 1.35. The molecule has 1 aromatic carbocycles. The number of rotatable bonds is 3. The molecule has 12 heavy (non-hydrogen) atoms.